The van der Waals surface area contributed by atoms with E-state index in [9.17, 15) is 4.79 Å². The summed E-state index contributed by atoms with van der Waals surface area (Å²) in [5.74, 6) is 0. The first kappa shape index (κ1) is 13.6. The molecule has 0 amide bonds. The molecule has 0 aliphatic heterocycles. The van der Waals surface area contributed by atoms with Crippen LogP contribution >= 0.6 is 0 Å². The van der Waals surface area contributed by atoms with E-state index < -0.39 is 5.63 Å². The van der Waals surface area contributed by atoms with Gasteiger partial charge in [0.1, 0.15) is 0 Å². The molecule has 1 aromatic carbocycles. The number of para-hydroxylation sites is 1. The Morgan fingerprint density at radius 2 is 1.95 bits per heavy atom. The Labute approximate surface area is 112 Å². The molecule has 0 unspecified atom stereocenters. The summed E-state index contributed by atoms with van der Waals surface area (Å²) in [4.78, 5) is 15.9. The monoisotopic (exact) mass is 261 g/mol. The Balaban J connectivity index is 1.92. The second-order valence-electron chi connectivity index (χ2n) is 4.55. The summed E-state index contributed by atoms with van der Waals surface area (Å²) in [7, 11) is 0. The number of unbranched alkanes of at least 4 members (excludes halogenated alkanes) is 4. The van der Waals surface area contributed by atoms with Crippen LogP contribution in [0.3, 0.4) is 0 Å². The molecule has 0 saturated heterocycles. The van der Waals surface area contributed by atoms with Crippen LogP contribution in [0.1, 0.15) is 39.0 Å². The van der Waals surface area contributed by atoms with Gasteiger partial charge >= 0.3 is 11.7 Å². The normalized spacial score (nSPS) is 10.8. The average molecular weight is 261 g/mol. The lowest BCUT2D eigenvalue weighted by Gasteiger charge is -2.04. The van der Waals surface area contributed by atoms with Crippen molar-refractivity contribution in [3.8, 4) is 6.08 Å². The molecule has 19 heavy (non-hydrogen) atoms. The first-order valence-corrected chi connectivity index (χ1v) is 6.84. The van der Waals surface area contributed by atoms with Gasteiger partial charge in [0.2, 0.25) is 0 Å². The van der Waals surface area contributed by atoms with Crippen molar-refractivity contribution >= 4 is 10.9 Å². The Hall–Kier alpha value is -1.84. The molecule has 0 saturated carbocycles. The zero-order valence-corrected chi connectivity index (χ0v) is 11.2. The maximum Gasteiger partial charge on any atom is 0.397 e. The highest BCUT2D eigenvalue weighted by molar-refractivity contribution is 5.76. The number of ether oxygens (including phenoxy) is 1. The second-order valence-corrected chi connectivity index (χ2v) is 4.55. The van der Waals surface area contributed by atoms with Crippen LogP contribution in [-0.4, -0.2) is 11.6 Å². The molecule has 0 bridgehead atoms. The van der Waals surface area contributed by atoms with Crippen molar-refractivity contribution in [3.05, 3.63) is 34.7 Å². The third-order valence-corrected chi connectivity index (χ3v) is 2.99. The fourth-order valence-electron chi connectivity index (χ4n) is 1.93. The van der Waals surface area contributed by atoms with E-state index in [4.69, 9.17) is 9.15 Å². The summed E-state index contributed by atoms with van der Waals surface area (Å²) in [5.41, 5.74) is 0.214. The fourth-order valence-corrected chi connectivity index (χ4v) is 1.93. The van der Waals surface area contributed by atoms with Crippen molar-refractivity contribution in [2.45, 2.75) is 39.0 Å². The highest BCUT2D eigenvalue weighted by Crippen LogP contribution is 2.12. The van der Waals surface area contributed by atoms with Gasteiger partial charge in [-0.05, 0) is 18.6 Å². The number of fused-ring (bicyclic) bond motifs is 1. The predicted molar refractivity (Wildman–Crippen MR) is 74.5 cm³/mol. The van der Waals surface area contributed by atoms with Gasteiger partial charge in [0.25, 0.3) is 0 Å². The number of aromatic nitrogens is 1. The summed E-state index contributed by atoms with van der Waals surface area (Å²) >= 11 is 0. The van der Waals surface area contributed by atoms with Crippen LogP contribution in [0.4, 0.5) is 0 Å². The zero-order chi connectivity index (χ0) is 13.5. The fraction of sp³-hybridized carbons (Fsp3) is 0.467. The molecular formula is C15H19NO3. The number of hydrogen-bond donors (Lipinski definition) is 0. The summed E-state index contributed by atoms with van der Waals surface area (Å²) in [5, 5.41) is 0.484. The van der Waals surface area contributed by atoms with Gasteiger partial charge in [-0.15, -0.1) is 0 Å². The van der Waals surface area contributed by atoms with E-state index in [0.717, 1.165) is 12.8 Å². The SMILES string of the molecule is CCCCCCCOc1nc2ccccc2c(=O)o1. The van der Waals surface area contributed by atoms with Crippen molar-refractivity contribution in [2.75, 3.05) is 6.61 Å². The molecule has 0 fully saturated rings. The Morgan fingerprint density at radius 3 is 2.79 bits per heavy atom. The first-order chi connectivity index (χ1) is 9.31. The maximum atomic E-state index is 11.7. The van der Waals surface area contributed by atoms with Crippen LogP contribution in [0.2, 0.25) is 0 Å². The lowest BCUT2D eigenvalue weighted by atomic mass is 10.2. The predicted octanol–water partition coefficient (Wildman–Crippen LogP) is 3.54. The van der Waals surface area contributed by atoms with Gasteiger partial charge in [-0.3, -0.25) is 0 Å². The van der Waals surface area contributed by atoms with Crippen molar-refractivity contribution < 1.29 is 9.15 Å². The van der Waals surface area contributed by atoms with E-state index in [1.54, 1.807) is 18.2 Å². The van der Waals surface area contributed by atoms with Crippen LogP contribution in [0.25, 0.3) is 10.9 Å². The Morgan fingerprint density at radius 1 is 1.16 bits per heavy atom. The van der Waals surface area contributed by atoms with Crippen LogP contribution < -0.4 is 10.4 Å². The van der Waals surface area contributed by atoms with E-state index in [0.29, 0.717) is 17.5 Å². The third-order valence-electron chi connectivity index (χ3n) is 2.99. The van der Waals surface area contributed by atoms with Gasteiger partial charge in [0.05, 0.1) is 17.5 Å². The summed E-state index contributed by atoms with van der Waals surface area (Å²) in [6.45, 7) is 2.72. The number of hydrogen-bond acceptors (Lipinski definition) is 4. The lowest BCUT2D eigenvalue weighted by Crippen LogP contribution is -2.06. The van der Waals surface area contributed by atoms with Crippen molar-refractivity contribution in [3.63, 3.8) is 0 Å². The molecule has 0 radical (unpaired) electrons. The van der Waals surface area contributed by atoms with Crippen molar-refractivity contribution in [1.29, 1.82) is 0 Å². The molecule has 2 rings (SSSR count). The summed E-state index contributed by atoms with van der Waals surface area (Å²) in [6, 6.07) is 7.10. The summed E-state index contributed by atoms with van der Waals surface area (Å²) < 4.78 is 10.4. The van der Waals surface area contributed by atoms with Crippen molar-refractivity contribution in [2.24, 2.45) is 0 Å². The molecule has 2 aromatic rings. The largest absolute Gasteiger partial charge is 0.450 e. The van der Waals surface area contributed by atoms with E-state index in [1.807, 2.05) is 6.07 Å². The van der Waals surface area contributed by atoms with Gasteiger partial charge in [0.15, 0.2) is 0 Å². The standard InChI is InChI=1S/C15H19NO3/c1-2-3-4-5-8-11-18-15-16-13-10-7-6-9-12(13)14(17)19-15/h6-7,9-10H,2-5,8,11H2,1H3. The molecule has 1 aromatic heterocycles. The molecule has 0 spiro atoms. The number of nitrogens with zero attached hydrogens (tertiary/aromatic N) is 1. The summed E-state index contributed by atoms with van der Waals surface area (Å²) in [6.07, 6.45) is 5.85. The van der Waals surface area contributed by atoms with Gasteiger partial charge in [-0.2, -0.15) is 4.98 Å². The minimum absolute atomic E-state index is 0.0687. The Kier molecular flexibility index (Phi) is 4.95. The van der Waals surface area contributed by atoms with Crippen LogP contribution in [0.15, 0.2) is 33.5 Å². The molecular weight excluding hydrogens is 242 g/mol. The highest BCUT2D eigenvalue weighted by Gasteiger charge is 2.06. The molecule has 0 aliphatic carbocycles. The molecule has 102 valence electrons. The smallest absolute Gasteiger partial charge is 0.397 e. The van der Waals surface area contributed by atoms with E-state index in [-0.39, 0.29) is 6.08 Å². The minimum atomic E-state index is -0.397. The van der Waals surface area contributed by atoms with Gasteiger partial charge < -0.3 is 9.15 Å². The van der Waals surface area contributed by atoms with Gasteiger partial charge in [-0.25, -0.2) is 4.79 Å². The highest BCUT2D eigenvalue weighted by atomic mass is 16.6. The Bertz CT molecular complexity index is 577. The molecule has 0 aliphatic rings. The van der Waals surface area contributed by atoms with E-state index in [2.05, 4.69) is 11.9 Å². The molecule has 1 heterocycles. The first-order valence-electron chi connectivity index (χ1n) is 6.84. The molecule has 0 atom stereocenters. The van der Waals surface area contributed by atoms with Crippen LogP contribution in [0.5, 0.6) is 6.08 Å². The zero-order valence-electron chi connectivity index (χ0n) is 11.2. The lowest BCUT2D eigenvalue weighted by molar-refractivity contribution is 0.211. The van der Waals surface area contributed by atoms with Gasteiger partial charge in [-0.1, -0.05) is 44.7 Å². The maximum absolute atomic E-state index is 11.7. The second kappa shape index (κ2) is 6.92. The quantitative estimate of drug-likeness (QED) is 0.715. The topological polar surface area (TPSA) is 52.3 Å². The molecule has 0 N–H and O–H groups in total. The van der Waals surface area contributed by atoms with Gasteiger partial charge in [0, 0.05) is 0 Å². The third kappa shape index (κ3) is 3.81. The number of rotatable bonds is 7. The number of benzene rings is 1. The average Bonchev–Trinajstić information content (AvgIpc) is 2.43. The molecule has 4 nitrogen and oxygen atoms in total. The van der Waals surface area contributed by atoms with E-state index >= 15 is 0 Å². The van der Waals surface area contributed by atoms with Crippen molar-refractivity contribution in [1.82, 2.24) is 4.98 Å². The molecule has 4 heteroatoms. The van der Waals surface area contributed by atoms with Crippen LogP contribution in [-0.2, 0) is 0 Å². The van der Waals surface area contributed by atoms with Crippen LogP contribution in [0, 0.1) is 0 Å². The van der Waals surface area contributed by atoms with E-state index in [1.165, 1.54) is 19.3 Å². The minimum Gasteiger partial charge on any atom is -0.450 e.